The highest BCUT2D eigenvalue weighted by molar-refractivity contribution is 6.26. The Kier molecular flexibility index (Phi) is 4.93. The van der Waals surface area contributed by atoms with Crippen LogP contribution in [-0.2, 0) is 6.42 Å². The van der Waals surface area contributed by atoms with Crippen LogP contribution < -0.4 is 0 Å². The fourth-order valence-corrected chi connectivity index (χ4v) is 5.51. The molecule has 1 aromatic heterocycles. The first-order valence-electron chi connectivity index (χ1n) is 11.7. The molecular weight excluding hydrogens is 424 g/mol. The summed E-state index contributed by atoms with van der Waals surface area (Å²) in [6.07, 6.45) is 4.08. The average Bonchev–Trinajstić information content (AvgIpc) is 3.55. The van der Waals surface area contributed by atoms with E-state index in [0.717, 1.165) is 47.6 Å². The van der Waals surface area contributed by atoms with Crippen LogP contribution in [0.5, 0.6) is 0 Å². The van der Waals surface area contributed by atoms with Gasteiger partial charge < -0.3 is 9.88 Å². The van der Waals surface area contributed by atoms with Gasteiger partial charge in [-0.3, -0.25) is 14.5 Å². The summed E-state index contributed by atoms with van der Waals surface area (Å²) in [4.78, 5) is 33.2. The fraction of sp³-hybridized carbons (Fsp3) is 0.250. The summed E-state index contributed by atoms with van der Waals surface area (Å²) in [5, 5.41) is 12.2. The minimum Gasteiger partial charge on any atom is -0.361 e. The topological polar surface area (TPSA) is 80.2 Å². The number of aromatic amines is 1. The maximum absolute atomic E-state index is 13.1. The van der Waals surface area contributed by atoms with Crippen molar-refractivity contribution in [1.29, 1.82) is 5.26 Å². The van der Waals surface area contributed by atoms with Gasteiger partial charge in [0, 0.05) is 36.7 Å². The largest absolute Gasteiger partial charge is 0.361 e. The molecule has 6 rings (SSSR count). The molecule has 3 heterocycles. The molecule has 1 unspecified atom stereocenters. The molecule has 2 aliphatic rings. The van der Waals surface area contributed by atoms with Crippen LogP contribution in [0, 0.1) is 17.2 Å². The molecule has 0 radical (unpaired) electrons. The number of H-pyrrole nitrogens is 1. The van der Waals surface area contributed by atoms with Gasteiger partial charge in [0.15, 0.2) is 0 Å². The Hall–Kier alpha value is -3.95. The van der Waals surface area contributed by atoms with Gasteiger partial charge in [-0.2, -0.15) is 5.26 Å². The predicted octanol–water partition coefficient (Wildman–Crippen LogP) is 4.35. The van der Waals surface area contributed by atoms with E-state index < -0.39 is 0 Å². The number of hydrogen-bond donors (Lipinski definition) is 1. The summed E-state index contributed by atoms with van der Waals surface area (Å²) in [5.74, 6) is 0.143. The molecule has 0 saturated carbocycles. The Morgan fingerprint density at radius 3 is 2.76 bits per heavy atom. The van der Waals surface area contributed by atoms with Crippen molar-refractivity contribution in [3.63, 3.8) is 0 Å². The number of rotatable bonds is 5. The minimum absolute atomic E-state index is 0.181. The quantitative estimate of drug-likeness (QED) is 0.460. The molecule has 0 aliphatic carbocycles. The number of amides is 2. The zero-order valence-electron chi connectivity index (χ0n) is 18.8. The summed E-state index contributed by atoms with van der Waals surface area (Å²) in [6, 6.07) is 19.4. The van der Waals surface area contributed by atoms with Crippen molar-refractivity contribution >= 4 is 33.5 Å². The van der Waals surface area contributed by atoms with Crippen LogP contribution in [0.25, 0.3) is 21.7 Å². The van der Waals surface area contributed by atoms with Crippen molar-refractivity contribution in [3.05, 3.63) is 83.0 Å². The molecule has 1 saturated heterocycles. The fourth-order valence-electron chi connectivity index (χ4n) is 5.51. The molecule has 1 fully saturated rings. The highest BCUT2D eigenvalue weighted by atomic mass is 16.2. The molecule has 1 N–H and O–H groups in total. The molecule has 34 heavy (non-hydrogen) atoms. The second kappa shape index (κ2) is 8.12. The molecule has 168 valence electrons. The monoisotopic (exact) mass is 448 g/mol. The third kappa shape index (κ3) is 3.37. The second-order valence-electron chi connectivity index (χ2n) is 9.32. The van der Waals surface area contributed by atoms with E-state index in [-0.39, 0.29) is 11.8 Å². The molecule has 2 aliphatic heterocycles. The molecular formula is C28H24N4O2. The van der Waals surface area contributed by atoms with Crippen molar-refractivity contribution in [2.75, 3.05) is 26.2 Å². The highest BCUT2D eigenvalue weighted by Crippen LogP contribution is 2.31. The summed E-state index contributed by atoms with van der Waals surface area (Å²) in [7, 11) is 0. The van der Waals surface area contributed by atoms with E-state index >= 15 is 0 Å². The SMILES string of the molecule is N#Cc1ccc2[nH]cc(CC3CCN(CCN4C(=O)c5ccc6ccccc6c5C4=O)C3)c2c1. The van der Waals surface area contributed by atoms with Gasteiger partial charge in [0.05, 0.1) is 22.8 Å². The van der Waals surface area contributed by atoms with Gasteiger partial charge in [-0.15, -0.1) is 0 Å². The van der Waals surface area contributed by atoms with E-state index in [4.69, 9.17) is 0 Å². The standard InChI is InChI=1S/C28H24N4O2/c29-15-18-5-8-25-24(14-18)21(16-30-25)13-19-9-10-31(17-19)11-12-32-27(33)23-7-6-20-3-1-2-4-22(20)26(23)28(32)34/h1-8,14,16,19,30H,9-13,17H2. The van der Waals surface area contributed by atoms with E-state index in [1.807, 2.05) is 48.5 Å². The molecule has 6 heteroatoms. The number of nitrogens with one attached hydrogen (secondary N) is 1. The maximum Gasteiger partial charge on any atom is 0.262 e. The van der Waals surface area contributed by atoms with Crippen molar-refractivity contribution in [2.24, 2.45) is 5.92 Å². The number of benzene rings is 3. The van der Waals surface area contributed by atoms with E-state index in [1.54, 1.807) is 6.07 Å². The lowest BCUT2D eigenvalue weighted by atomic mass is 9.98. The van der Waals surface area contributed by atoms with E-state index in [9.17, 15) is 14.9 Å². The lowest BCUT2D eigenvalue weighted by Gasteiger charge is -2.20. The van der Waals surface area contributed by atoms with Gasteiger partial charge in [0.2, 0.25) is 0 Å². The Labute approximate surface area is 197 Å². The first-order chi connectivity index (χ1) is 16.6. The van der Waals surface area contributed by atoms with E-state index in [0.29, 0.717) is 35.7 Å². The summed E-state index contributed by atoms with van der Waals surface area (Å²) >= 11 is 0. The number of carbonyl (C=O) groups excluding carboxylic acids is 2. The second-order valence-corrected chi connectivity index (χ2v) is 9.32. The Morgan fingerprint density at radius 2 is 1.88 bits per heavy atom. The maximum atomic E-state index is 13.1. The number of nitrogens with zero attached hydrogens (tertiary/aromatic N) is 3. The zero-order chi connectivity index (χ0) is 23.2. The number of likely N-dealkylation sites (tertiary alicyclic amines) is 1. The van der Waals surface area contributed by atoms with Crippen molar-refractivity contribution in [1.82, 2.24) is 14.8 Å². The van der Waals surface area contributed by atoms with Crippen LogP contribution in [0.4, 0.5) is 0 Å². The van der Waals surface area contributed by atoms with Gasteiger partial charge in [-0.05, 0) is 65.9 Å². The van der Waals surface area contributed by atoms with Crippen LogP contribution in [0.15, 0.2) is 60.8 Å². The Bertz CT molecular complexity index is 1500. The van der Waals surface area contributed by atoms with Crippen molar-refractivity contribution < 1.29 is 9.59 Å². The summed E-state index contributed by atoms with van der Waals surface area (Å²) in [6.45, 7) is 3.00. The molecule has 0 spiro atoms. The number of hydrogen-bond acceptors (Lipinski definition) is 4. The number of nitriles is 1. The van der Waals surface area contributed by atoms with E-state index in [1.165, 1.54) is 10.5 Å². The number of aromatic nitrogens is 1. The molecule has 1 atom stereocenters. The van der Waals surface area contributed by atoms with Crippen LogP contribution in [0.2, 0.25) is 0 Å². The Morgan fingerprint density at radius 1 is 1.00 bits per heavy atom. The van der Waals surface area contributed by atoms with E-state index in [2.05, 4.69) is 22.1 Å². The molecule has 3 aromatic carbocycles. The zero-order valence-corrected chi connectivity index (χ0v) is 18.8. The molecule has 6 nitrogen and oxygen atoms in total. The van der Waals surface area contributed by atoms with Crippen LogP contribution in [0.3, 0.4) is 0 Å². The van der Waals surface area contributed by atoms with Crippen molar-refractivity contribution in [3.8, 4) is 6.07 Å². The van der Waals surface area contributed by atoms with Crippen LogP contribution >= 0.6 is 0 Å². The highest BCUT2D eigenvalue weighted by Gasteiger charge is 2.37. The van der Waals surface area contributed by atoms with Crippen LogP contribution in [-0.4, -0.2) is 52.8 Å². The first kappa shape index (κ1) is 20.6. The lowest BCUT2D eigenvalue weighted by Crippen LogP contribution is -2.37. The predicted molar refractivity (Wildman–Crippen MR) is 131 cm³/mol. The van der Waals surface area contributed by atoms with Gasteiger partial charge in [-0.1, -0.05) is 30.3 Å². The molecule has 0 bridgehead atoms. The normalized spacial score (nSPS) is 18.2. The number of imide groups is 1. The molecule has 4 aromatic rings. The van der Waals surface area contributed by atoms with Gasteiger partial charge in [0.25, 0.3) is 11.8 Å². The van der Waals surface area contributed by atoms with Crippen LogP contribution in [0.1, 0.15) is 38.3 Å². The number of carbonyl (C=O) groups is 2. The van der Waals surface area contributed by atoms with Gasteiger partial charge >= 0.3 is 0 Å². The third-order valence-electron chi connectivity index (χ3n) is 7.28. The first-order valence-corrected chi connectivity index (χ1v) is 11.7. The summed E-state index contributed by atoms with van der Waals surface area (Å²) in [5.41, 5.74) is 4.03. The Balaban J connectivity index is 1.11. The third-order valence-corrected chi connectivity index (χ3v) is 7.28. The minimum atomic E-state index is -0.186. The smallest absolute Gasteiger partial charge is 0.262 e. The average molecular weight is 449 g/mol. The van der Waals surface area contributed by atoms with Gasteiger partial charge in [0.1, 0.15) is 0 Å². The summed E-state index contributed by atoms with van der Waals surface area (Å²) < 4.78 is 0. The van der Waals surface area contributed by atoms with Crippen molar-refractivity contribution in [2.45, 2.75) is 12.8 Å². The van der Waals surface area contributed by atoms with Gasteiger partial charge in [-0.25, -0.2) is 0 Å². The molecule has 2 amide bonds. The lowest BCUT2D eigenvalue weighted by molar-refractivity contribution is 0.0641. The number of fused-ring (bicyclic) bond motifs is 4.